The summed E-state index contributed by atoms with van der Waals surface area (Å²) in [6.07, 6.45) is 0. The Balaban J connectivity index is 2.47. The highest BCUT2D eigenvalue weighted by Gasteiger charge is 2.06. The van der Waals surface area contributed by atoms with Crippen LogP contribution in [0.3, 0.4) is 0 Å². The van der Waals surface area contributed by atoms with E-state index >= 15 is 0 Å². The van der Waals surface area contributed by atoms with E-state index in [-0.39, 0.29) is 6.61 Å². The summed E-state index contributed by atoms with van der Waals surface area (Å²) in [5, 5.41) is 8.84. The Hall–Kier alpha value is -0.840. The lowest BCUT2D eigenvalue weighted by atomic mass is 10.4. The molecule has 0 fully saturated rings. The van der Waals surface area contributed by atoms with Crippen LogP contribution in [0.4, 0.5) is 0 Å². The highest BCUT2D eigenvalue weighted by atomic mass is 16.5. The van der Waals surface area contributed by atoms with Crippen LogP contribution in [0.5, 0.6) is 0 Å². The molecule has 4 heteroatoms. The first-order valence-corrected chi connectivity index (χ1v) is 5.19. The van der Waals surface area contributed by atoms with Crippen LogP contribution in [0.2, 0.25) is 0 Å². The predicted molar refractivity (Wildman–Crippen MR) is 57.5 cm³/mol. The van der Waals surface area contributed by atoms with Gasteiger partial charge in [0, 0.05) is 13.7 Å². The van der Waals surface area contributed by atoms with Crippen molar-refractivity contribution < 1.29 is 14.3 Å². The Morgan fingerprint density at radius 1 is 1.40 bits per heavy atom. The lowest BCUT2D eigenvalue weighted by Crippen LogP contribution is -2.25. The maximum Gasteiger partial charge on any atom is 0.129 e. The van der Waals surface area contributed by atoms with Gasteiger partial charge in [-0.3, -0.25) is 4.90 Å². The molecule has 4 nitrogen and oxygen atoms in total. The SMILES string of the molecule is CCN(CCO)Cc1ccc(COC)o1. The molecular formula is C11H19NO3. The van der Waals surface area contributed by atoms with Crippen LogP contribution in [0.15, 0.2) is 16.5 Å². The molecule has 0 aromatic carbocycles. The van der Waals surface area contributed by atoms with Crippen molar-refractivity contribution in [2.75, 3.05) is 26.8 Å². The highest BCUT2D eigenvalue weighted by Crippen LogP contribution is 2.11. The van der Waals surface area contributed by atoms with E-state index in [0.717, 1.165) is 24.6 Å². The first-order chi connectivity index (χ1) is 7.30. The largest absolute Gasteiger partial charge is 0.462 e. The summed E-state index contributed by atoms with van der Waals surface area (Å²) in [5.41, 5.74) is 0. The zero-order chi connectivity index (χ0) is 11.1. The van der Waals surface area contributed by atoms with Crippen LogP contribution in [-0.4, -0.2) is 36.8 Å². The van der Waals surface area contributed by atoms with Crippen molar-refractivity contribution in [2.45, 2.75) is 20.1 Å². The fourth-order valence-corrected chi connectivity index (χ4v) is 1.44. The molecule has 1 aromatic heterocycles. The van der Waals surface area contributed by atoms with Gasteiger partial charge in [0.2, 0.25) is 0 Å². The third-order valence-electron chi connectivity index (χ3n) is 2.25. The van der Waals surface area contributed by atoms with E-state index in [1.54, 1.807) is 7.11 Å². The average Bonchev–Trinajstić information content (AvgIpc) is 2.66. The number of nitrogens with zero attached hydrogens (tertiary/aromatic N) is 1. The molecule has 0 aliphatic heterocycles. The van der Waals surface area contributed by atoms with Crippen molar-refractivity contribution in [1.82, 2.24) is 4.90 Å². The van der Waals surface area contributed by atoms with Crippen LogP contribution in [-0.2, 0) is 17.9 Å². The second-order valence-electron chi connectivity index (χ2n) is 3.39. The first-order valence-electron chi connectivity index (χ1n) is 5.19. The number of hydrogen-bond donors (Lipinski definition) is 1. The van der Waals surface area contributed by atoms with Crippen LogP contribution in [0, 0.1) is 0 Å². The normalized spacial score (nSPS) is 11.2. The van der Waals surface area contributed by atoms with Crippen LogP contribution in [0.1, 0.15) is 18.4 Å². The van der Waals surface area contributed by atoms with Crippen molar-refractivity contribution in [1.29, 1.82) is 0 Å². The molecule has 0 spiro atoms. The topological polar surface area (TPSA) is 45.8 Å². The van der Waals surface area contributed by atoms with Crippen LogP contribution in [0.25, 0.3) is 0 Å². The summed E-state index contributed by atoms with van der Waals surface area (Å²) in [5.74, 6) is 1.75. The van der Waals surface area contributed by atoms with Gasteiger partial charge in [-0.1, -0.05) is 6.92 Å². The van der Waals surface area contributed by atoms with Gasteiger partial charge < -0.3 is 14.3 Å². The van der Waals surface area contributed by atoms with E-state index < -0.39 is 0 Å². The van der Waals surface area contributed by atoms with E-state index in [4.69, 9.17) is 14.3 Å². The summed E-state index contributed by atoms with van der Waals surface area (Å²) in [4.78, 5) is 2.12. The number of aliphatic hydroxyl groups excluding tert-OH is 1. The van der Waals surface area contributed by atoms with Gasteiger partial charge in [-0.2, -0.15) is 0 Å². The minimum atomic E-state index is 0.180. The lowest BCUT2D eigenvalue weighted by Gasteiger charge is -2.17. The first kappa shape index (κ1) is 12.2. The van der Waals surface area contributed by atoms with E-state index in [2.05, 4.69) is 11.8 Å². The average molecular weight is 213 g/mol. The number of aliphatic hydroxyl groups is 1. The van der Waals surface area contributed by atoms with Crippen molar-refractivity contribution in [3.63, 3.8) is 0 Å². The molecule has 1 heterocycles. The molecule has 86 valence electrons. The van der Waals surface area contributed by atoms with Crippen molar-refractivity contribution in [3.8, 4) is 0 Å². The summed E-state index contributed by atoms with van der Waals surface area (Å²) in [7, 11) is 1.65. The van der Waals surface area contributed by atoms with E-state index in [1.807, 2.05) is 12.1 Å². The Kier molecular flexibility index (Phi) is 5.39. The number of hydrogen-bond acceptors (Lipinski definition) is 4. The molecule has 15 heavy (non-hydrogen) atoms. The number of likely N-dealkylation sites (N-methyl/N-ethyl adjacent to an activating group) is 1. The highest BCUT2D eigenvalue weighted by molar-refractivity contribution is 5.06. The molecule has 0 saturated heterocycles. The predicted octanol–water partition coefficient (Wildman–Crippen LogP) is 1.24. The zero-order valence-corrected chi connectivity index (χ0v) is 9.40. The molecule has 0 amide bonds. The molecule has 0 radical (unpaired) electrons. The lowest BCUT2D eigenvalue weighted by molar-refractivity contribution is 0.155. The van der Waals surface area contributed by atoms with Gasteiger partial charge in [0.05, 0.1) is 13.2 Å². The molecule has 0 bridgehead atoms. The van der Waals surface area contributed by atoms with Crippen molar-refractivity contribution in [2.24, 2.45) is 0 Å². The molecule has 0 aliphatic rings. The Morgan fingerprint density at radius 2 is 2.13 bits per heavy atom. The van der Waals surface area contributed by atoms with Gasteiger partial charge >= 0.3 is 0 Å². The summed E-state index contributed by atoms with van der Waals surface area (Å²) in [6.45, 7) is 5.07. The number of methoxy groups -OCH3 is 1. The van der Waals surface area contributed by atoms with Crippen LogP contribution < -0.4 is 0 Å². The molecule has 0 unspecified atom stereocenters. The molecule has 0 atom stereocenters. The van der Waals surface area contributed by atoms with Gasteiger partial charge in [-0.15, -0.1) is 0 Å². The maximum absolute atomic E-state index is 8.84. The quantitative estimate of drug-likeness (QED) is 0.740. The molecular weight excluding hydrogens is 194 g/mol. The second kappa shape index (κ2) is 6.61. The molecule has 0 aliphatic carbocycles. The number of ether oxygens (including phenoxy) is 1. The Morgan fingerprint density at radius 3 is 2.73 bits per heavy atom. The Bertz CT molecular complexity index is 273. The van der Waals surface area contributed by atoms with E-state index in [0.29, 0.717) is 13.2 Å². The van der Waals surface area contributed by atoms with E-state index in [1.165, 1.54) is 0 Å². The van der Waals surface area contributed by atoms with Gasteiger partial charge in [-0.05, 0) is 18.7 Å². The smallest absolute Gasteiger partial charge is 0.129 e. The third kappa shape index (κ3) is 4.03. The van der Waals surface area contributed by atoms with Gasteiger partial charge in [0.1, 0.15) is 18.1 Å². The fourth-order valence-electron chi connectivity index (χ4n) is 1.44. The van der Waals surface area contributed by atoms with Gasteiger partial charge in [0.15, 0.2) is 0 Å². The fraction of sp³-hybridized carbons (Fsp3) is 0.636. The molecule has 1 aromatic rings. The maximum atomic E-state index is 8.84. The Labute approximate surface area is 90.4 Å². The standard InChI is InChI=1S/C11H19NO3/c1-3-12(6-7-13)8-10-4-5-11(15-10)9-14-2/h4-5,13H,3,6-9H2,1-2H3. The summed E-state index contributed by atoms with van der Waals surface area (Å²) < 4.78 is 10.5. The second-order valence-corrected chi connectivity index (χ2v) is 3.39. The summed E-state index contributed by atoms with van der Waals surface area (Å²) >= 11 is 0. The van der Waals surface area contributed by atoms with Crippen LogP contribution >= 0.6 is 0 Å². The van der Waals surface area contributed by atoms with Gasteiger partial charge in [-0.25, -0.2) is 0 Å². The van der Waals surface area contributed by atoms with Gasteiger partial charge in [0.25, 0.3) is 0 Å². The molecule has 0 saturated carbocycles. The summed E-state index contributed by atoms with van der Waals surface area (Å²) in [6, 6.07) is 3.88. The van der Waals surface area contributed by atoms with E-state index in [9.17, 15) is 0 Å². The zero-order valence-electron chi connectivity index (χ0n) is 9.40. The minimum absolute atomic E-state index is 0.180. The number of rotatable bonds is 7. The number of furan rings is 1. The molecule has 1 rings (SSSR count). The monoisotopic (exact) mass is 213 g/mol. The minimum Gasteiger partial charge on any atom is -0.462 e. The van der Waals surface area contributed by atoms with Crippen molar-refractivity contribution in [3.05, 3.63) is 23.7 Å². The molecule has 1 N–H and O–H groups in total. The van der Waals surface area contributed by atoms with Crippen molar-refractivity contribution >= 4 is 0 Å². The third-order valence-corrected chi connectivity index (χ3v) is 2.25.